The van der Waals surface area contributed by atoms with Crippen molar-refractivity contribution in [3.05, 3.63) is 23.8 Å². The molecule has 0 aliphatic rings. The SMILES string of the molecule is COCCNC(=O)C(C)Oc1ccc(C)cc1N. The Morgan fingerprint density at radius 2 is 2.22 bits per heavy atom. The fraction of sp³-hybridized carbons (Fsp3) is 0.462. The Hall–Kier alpha value is -1.75. The molecule has 1 aromatic carbocycles. The molecule has 0 aliphatic carbocycles. The van der Waals surface area contributed by atoms with Crippen molar-refractivity contribution in [2.45, 2.75) is 20.0 Å². The van der Waals surface area contributed by atoms with Gasteiger partial charge in [0, 0.05) is 13.7 Å². The smallest absolute Gasteiger partial charge is 0.260 e. The topological polar surface area (TPSA) is 73.6 Å². The molecule has 0 aromatic heterocycles. The Bertz CT molecular complexity index is 407. The lowest BCUT2D eigenvalue weighted by Crippen LogP contribution is -2.38. The number of carbonyl (C=O) groups is 1. The maximum Gasteiger partial charge on any atom is 0.260 e. The summed E-state index contributed by atoms with van der Waals surface area (Å²) in [6.45, 7) is 4.57. The number of methoxy groups -OCH3 is 1. The molecule has 0 radical (unpaired) electrons. The normalized spacial score (nSPS) is 11.9. The minimum Gasteiger partial charge on any atom is -0.479 e. The van der Waals surface area contributed by atoms with Crippen LogP contribution >= 0.6 is 0 Å². The number of ether oxygens (including phenoxy) is 2. The van der Waals surface area contributed by atoms with Crippen molar-refractivity contribution in [1.82, 2.24) is 5.32 Å². The molecule has 0 bridgehead atoms. The van der Waals surface area contributed by atoms with Gasteiger partial charge >= 0.3 is 0 Å². The molecule has 1 amide bonds. The average molecular weight is 252 g/mol. The number of hydrogen-bond donors (Lipinski definition) is 2. The summed E-state index contributed by atoms with van der Waals surface area (Å²) in [5.41, 5.74) is 7.40. The summed E-state index contributed by atoms with van der Waals surface area (Å²) in [5, 5.41) is 2.70. The quantitative estimate of drug-likeness (QED) is 0.587. The van der Waals surface area contributed by atoms with Crippen molar-refractivity contribution < 1.29 is 14.3 Å². The molecule has 0 aliphatic heterocycles. The van der Waals surface area contributed by atoms with Crippen molar-refractivity contribution in [3.8, 4) is 5.75 Å². The second-order valence-corrected chi connectivity index (χ2v) is 4.09. The van der Waals surface area contributed by atoms with Crippen LogP contribution in [0.5, 0.6) is 5.75 Å². The van der Waals surface area contributed by atoms with Crippen LogP contribution in [-0.2, 0) is 9.53 Å². The highest BCUT2D eigenvalue weighted by atomic mass is 16.5. The van der Waals surface area contributed by atoms with Crippen LogP contribution in [0.3, 0.4) is 0 Å². The summed E-state index contributed by atoms with van der Waals surface area (Å²) < 4.78 is 10.4. The number of carbonyl (C=O) groups excluding carboxylic acids is 1. The highest BCUT2D eigenvalue weighted by Gasteiger charge is 2.15. The van der Waals surface area contributed by atoms with Crippen LogP contribution in [0.4, 0.5) is 5.69 Å². The zero-order chi connectivity index (χ0) is 13.5. The largest absolute Gasteiger partial charge is 0.479 e. The van der Waals surface area contributed by atoms with Gasteiger partial charge in [-0.3, -0.25) is 4.79 Å². The number of nitrogen functional groups attached to an aromatic ring is 1. The van der Waals surface area contributed by atoms with Crippen LogP contribution in [-0.4, -0.2) is 32.3 Å². The molecule has 5 heteroatoms. The van der Waals surface area contributed by atoms with Crippen LogP contribution in [0.1, 0.15) is 12.5 Å². The lowest BCUT2D eigenvalue weighted by molar-refractivity contribution is -0.127. The van der Waals surface area contributed by atoms with E-state index in [1.165, 1.54) is 0 Å². The van der Waals surface area contributed by atoms with Crippen molar-refractivity contribution >= 4 is 11.6 Å². The molecule has 0 saturated heterocycles. The van der Waals surface area contributed by atoms with Crippen LogP contribution in [0.2, 0.25) is 0 Å². The van der Waals surface area contributed by atoms with Crippen LogP contribution < -0.4 is 15.8 Å². The summed E-state index contributed by atoms with van der Waals surface area (Å²) >= 11 is 0. The third kappa shape index (κ3) is 4.25. The molecular weight excluding hydrogens is 232 g/mol. The van der Waals surface area contributed by atoms with E-state index in [-0.39, 0.29) is 5.91 Å². The molecule has 0 saturated carbocycles. The molecule has 3 N–H and O–H groups in total. The van der Waals surface area contributed by atoms with Crippen LogP contribution in [0, 0.1) is 6.92 Å². The lowest BCUT2D eigenvalue weighted by Gasteiger charge is -2.16. The molecular formula is C13H20N2O3. The van der Waals surface area contributed by atoms with E-state index in [9.17, 15) is 4.79 Å². The Kier molecular flexibility index (Phi) is 5.45. The number of amides is 1. The van der Waals surface area contributed by atoms with Gasteiger partial charge in [-0.25, -0.2) is 0 Å². The number of benzene rings is 1. The van der Waals surface area contributed by atoms with E-state index in [1.807, 2.05) is 19.1 Å². The number of aryl methyl sites for hydroxylation is 1. The van der Waals surface area contributed by atoms with Crippen molar-refractivity contribution in [2.75, 3.05) is 26.0 Å². The second-order valence-electron chi connectivity index (χ2n) is 4.09. The molecule has 5 nitrogen and oxygen atoms in total. The van der Waals surface area contributed by atoms with Gasteiger partial charge < -0.3 is 20.5 Å². The molecule has 100 valence electrons. The molecule has 1 unspecified atom stereocenters. The molecule has 18 heavy (non-hydrogen) atoms. The zero-order valence-corrected chi connectivity index (χ0v) is 11.0. The predicted molar refractivity (Wildman–Crippen MR) is 70.6 cm³/mol. The maximum absolute atomic E-state index is 11.7. The Balaban J connectivity index is 2.53. The van der Waals surface area contributed by atoms with Crippen molar-refractivity contribution in [2.24, 2.45) is 0 Å². The van der Waals surface area contributed by atoms with E-state index in [4.69, 9.17) is 15.2 Å². The first-order valence-electron chi connectivity index (χ1n) is 5.84. The summed E-state index contributed by atoms with van der Waals surface area (Å²) in [6, 6.07) is 5.47. The van der Waals surface area contributed by atoms with Gasteiger partial charge in [0.2, 0.25) is 0 Å². The molecule has 0 heterocycles. The highest BCUT2D eigenvalue weighted by molar-refractivity contribution is 5.80. The third-order valence-corrected chi connectivity index (χ3v) is 2.44. The fourth-order valence-corrected chi connectivity index (χ4v) is 1.44. The predicted octanol–water partition coefficient (Wildman–Crippen LogP) is 1.11. The summed E-state index contributed by atoms with van der Waals surface area (Å²) in [7, 11) is 1.58. The van der Waals surface area contributed by atoms with Gasteiger partial charge in [-0.15, -0.1) is 0 Å². The minimum atomic E-state index is -0.591. The van der Waals surface area contributed by atoms with E-state index in [2.05, 4.69) is 5.32 Å². The standard InChI is InChI=1S/C13H20N2O3/c1-9-4-5-12(11(14)8-9)18-10(2)13(16)15-6-7-17-3/h4-5,8,10H,6-7,14H2,1-3H3,(H,15,16). The Labute approximate surface area is 107 Å². The summed E-state index contributed by atoms with van der Waals surface area (Å²) in [6.07, 6.45) is -0.591. The van der Waals surface area contributed by atoms with E-state index >= 15 is 0 Å². The molecule has 1 aromatic rings. The Morgan fingerprint density at radius 1 is 1.50 bits per heavy atom. The Morgan fingerprint density at radius 3 is 2.83 bits per heavy atom. The summed E-state index contributed by atoms with van der Waals surface area (Å²) in [5.74, 6) is 0.335. The van der Waals surface area contributed by atoms with Gasteiger partial charge in [0.1, 0.15) is 5.75 Å². The number of nitrogens with one attached hydrogen (secondary N) is 1. The molecule has 1 atom stereocenters. The van der Waals surface area contributed by atoms with E-state index in [1.54, 1.807) is 20.1 Å². The van der Waals surface area contributed by atoms with Crippen LogP contribution in [0.25, 0.3) is 0 Å². The van der Waals surface area contributed by atoms with E-state index in [0.717, 1.165) is 5.56 Å². The number of anilines is 1. The van der Waals surface area contributed by atoms with Crippen LogP contribution in [0.15, 0.2) is 18.2 Å². The highest BCUT2D eigenvalue weighted by Crippen LogP contribution is 2.23. The minimum absolute atomic E-state index is 0.188. The third-order valence-electron chi connectivity index (χ3n) is 2.44. The van der Waals surface area contributed by atoms with Gasteiger partial charge in [-0.1, -0.05) is 6.07 Å². The molecule has 0 fully saturated rings. The monoisotopic (exact) mass is 252 g/mol. The average Bonchev–Trinajstić information content (AvgIpc) is 2.32. The van der Waals surface area contributed by atoms with Gasteiger partial charge in [-0.2, -0.15) is 0 Å². The second kappa shape index (κ2) is 6.86. The van der Waals surface area contributed by atoms with E-state index < -0.39 is 6.10 Å². The van der Waals surface area contributed by atoms with Gasteiger partial charge in [-0.05, 0) is 31.5 Å². The zero-order valence-electron chi connectivity index (χ0n) is 11.0. The lowest BCUT2D eigenvalue weighted by atomic mass is 10.2. The molecule has 0 spiro atoms. The van der Waals surface area contributed by atoms with Gasteiger partial charge in [0.15, 0.2) is 6.10 Å². The number of rotatable bonds is 6. The summed E-state index contributed by atoms with van der Waals surface area (Å²) in [4.78, 5) is 11.7. The van der Waals surface area contributed by atoms with Crippen molar-refractivity contribution in [3.63, 3.8) is 0 Å². The van der Waals surface area contributed by atoms with Gasteiger partial charge in [0.05, 0.1) is 12.3 Å². The van der Waals surface area contributed by atoms with E-state index in [0.29, 0.717) is 24.6 Å². The molecule has 1 rings (SSSR count). The fourth-order valence-electron chi connectivity index (χ4n) is 1.44. The maximum atomic E-state index is 11.7. The van der Waals surface area contributed by atoms with Crippen molar-refractivity contribution in [1.29, 1.82) is 0 Å². The first-order chi connectivity index (χ1) is 8.54. The number of nitrogens with two attached hydrogens (primary N) is 1. The first kappa shape index (κ1) is 14.3. The van der Waals surface area contributed by atoms with Gasteiger partial charge in [0.25, 0.3) is 5.91 Å². The first-order valence-corrected chi connectivity index (χ1v) is 5.84. The number of hydrogen-bond acceptors (Lipinski definition) is 4.